The molecule has 1 N–H and O–H groups in total. The number of carbonyl (C=O) groups excluding carboxylic acids is 2. The zero-order chi connectivity index (χ0) is 15.7. The maximum absolute atomic E-state index is 12.2. The summed E-state index contributed by atoms with van der Waals surface area (Å²) in [5, 5.41) is 4.21. The fourth-order valence-corrected chi connectivity index (χ4v) is 3.35. The highest BCUT2D eigenvalue weighted by molar-refractivity contribution is 6.05. The van der Waals surface area contributed by atoms with Gasteiger partial charge in [0.2, 0.25) is 5.91 Å². The first kappa shape index (κ1) is 14.9. The number of hydrazone groups is 1. The highest BCUT2D eigenvalue weighted by Crippen LogP contribution is 2.47. The summed E-state index contributed by atoms with van der Waals surface area (Å²) in [6.07, 6.45) is 2.62. The quantitative estimate of drug-likeness (QED) is 0.872. The molecule has 4 nitrogen and oxygen atoms in total. The lowest BCUT2D eigenvalue weighted by Crippen LogP contribution is -2.31. The molecule has 1 aromatic rings. The van der Waals surface area contributed by atoms with Crippen molar-refractivity contribution in [2.24, 2.45) is 16.4 Å². The van der Waals surface area contributed by atoms with E-state index in [2.05, 4.69) is 36.5 Å². The summed E-state index contributed by atoms with van der Waals surface area (Å²) in [4.78, 5) is 23.9. The Morgan fingerprint density at radius 1 is 1.23 bits per heavy atom. The summed E-state index contributed by atoms with van der Waals surface area (Å²) in [6, 6.07) is 10.1. The number of carbonyl (C=O) groups is 2. The van der Waals surface area contributed by atoms with E-state index in [0.29, 0.717) is 18.8 Å². The smallest absolute Gasteiger partial charge is 0.243 e. The Kier molecular flexibility index (Phi) is 3.85. The number of hydrogen-bond acceptors (Lipinski definition) is 3. The predicted molar refractivity (Wildman–Crippen MR) is 85.5 cm³/mol. The van der Waals surface area contributed by atoms with E-state index in [9.17, 15) is 9.59 Å². The van der Waals surface area contributed by atoms with Crippen LogP contribution in [0.1, 0.15) is 51.0 Å². The topological polar surface area (TPSA) is 58.5 Å². The fraction of sp³-hybridized carbons (Fsp3) is 0.500. The molecule has 0 radical (unpaired) electrons. The molecule has 116 valence electrons. The Balaban J connectivity index is 1.57. The Morgan fingerprint density at radius 3 is 2.64 bits per heavy atom. The minimum absolute atomic E-state index is 0.0130. The molecule has 2 aliphatic rings. The molecule has 0 heterocycles. The van der Waals surface area contributed by atoms with Crippen LogP contribution in [0.5, 0.6) is 0 Å². The van der Waals surface area contributed by atoms with E-state index >= 15 is 0 Å². The third-order valence-electron chi connectivity index (χ3n) is 4.44. The molecule has 0 bridgehead atoms. The lowest BCUT2D eigenvalue weighted by Gasteiger charge is -2.29. The molecule has 2 atom stereocenters. The van der Waals surface area contributed by atoms with Crippen molar-refractivity contribution >= 4 is 17.4 Å². The molecule has 0 spiro atoms. The molecule has 3 rings (SSSR count). The highest BCUT2D eigenvalue weighted by atomic mass is 16.2. The number of benzene rings is 1. The molecular formula is C18H22N2O2. The highest BCUT2D eigenvalue weighted by Gasteiger charge is 2.44. The van der Waals surface area contributed by atoms with Crippen LogP contribution in [-0.2, 0) is 9.59 Å². The Morgan fingerprint density at radius 2 is 1.95 bits per heavy atom. The number of amides is 1. The van der Waals surface area contributed by atoms with Crippen molar-refractivity contribution in [3.8, 4) is 0 Å². The van der Waals surface area contributed by atoms with Gasteiger partial charge in [-0.15, -0.1) is 0 Å². The third kappa shape index (κ3) is 3.43. The third-order valence-corrected chi connectivity index (χ3v) is 4.44. The van der Waals surface area contributed by atoms with E-state index in [4.69, 9.17) is 0 Å². The van der Waals surface area contributed by atoms with Crippen molar-refractivity contribution < 1.29 is 9.59 Å². The van der Waals surface area contributed by atoms with Crippen molar-refractivity contribution in [2.45, 2.75) is 45.4 Å². The van der Waals surface area contributed by atoms with Crippen LogP contribution >= 0.6 is 0 Å². The van der Waals surface area contributed by atoms with Crippen LogP contribution in [0.25, 0.3) is 0 Å². The molecule has 0 aliphatic heterocycles. The van der Waals surface area contributed by atoms with Gasteiger partial charge in [-0.05, 0) is 29.7 Å². The van der Waals surface area contributed by atoms with Gasteiger partial charge in [0, 0.05) is 24.5 Å². The zero-order valence-corrected chi connectivity index (χ0v) is 13.1. The summed E-state index contributed by atoms with van der Waals surface area (Å²) >= 11 is 0. The largest absolute Gasteiger partial charge is 0.299 e. The molecule has 22 heavy (non-hydrogen) atoms. The second-order valence-corrected chi connectivity index (χ2v) is 7.25. The second-order valence-electron chi connectivity index (χ2n) is 7.25. The lowest BCUT2D eigenvalue weighted by atomic mass is 9.76. The van der Waals surface area contributed by atoms with Gasteiger partial charge in [-0.25, -0.2) is 5.43 Å². The summed E-state index contributed by atoms with van der Waals surface area (Å²) in [6.45, 7) is 4.13. The van der Waals surface area contributed by atoms with Crippen molar-refractivity contribution in [1.29, 1.82) is 0 Å². The fourth-order valence-electron chi connectivity index (χ4n) is 3.35. The van der Waals surface area contributed by atoms with Gasteiger partial charge >= 0.3 is 0 Å². The van der Waals surface area contributed by atoms with E-state index in [1.54, 1.807) is 0 Å². The number of ketones is 1. The van der Waals surface area contributed by atoms with Gasteiger partial charge in [0.1, 0.15) is 5.78 Å². The number of hydrogen-bond donors (Lipinski definition) is 1. The Hall–Kier alpha value is -1.97. The molecule has 0 saturated heterocycles. The predicted octanol–water partition coefficient (Wildman–Crippen LogP) is 3.04. The average Bonchev–Trinajstić information content (AvgIpc) is 3.24. The number of nitrogens with one attached hydrogen (secondary N) is 1. The Bertz CT molecular complexity index is 619. The van der Waals surface area contributed by atoms with Gasteiger partial charge in [-0.1, -0.05) is 44.2 Å². The second kappa shape index (κ2) is 5.67. The van der Waals surface area contributed by atoms with Crippen LogP contribution in [0, 0.1) is 11.3 Å². The molecule has 0 aromatic heterocycles. The molecular weight excluding hydrogens is 276 g/mol. The Labute approximate surface area is 131 Å². The first-order valence-corrected chi connectivity index (χ1v) is 7.86. The summed E-state index contributed by atoms with van der Waals surface area (Å²) in [5.41, 5.74) is 4.63. The SMILES string of the molecule is CC1(C)CC(=O)CC(=NNC(=O)[C@@H]2C[C@@H]2c2ccccc2)C1. The van der Waals surface area contributed by atoms with Crippen LogP contribution in [-0.4, -0.2) is 17.4 Å². The molecule has 0 unspecified atom stereocenters. The molecule has 1 amide bonds. The van der Waals surface area contributed by atoms with Gasteiger partial charge in [0.05, 0.1) is 0 Å². The van der Waals surface area contributed by atoms with Crippen molar-refractivity contribution in [2.75, 3.05) is 0 Å². The van der Waals surface area contributed by atoms with Gasteiger partial charge < -0.3 is 0 Å². The standard InChI is InChI=1S/C18H22N2O2/c1-18(2)10-13(8-14(21)11-18)19-20-17(22)16-9-15(16)12-6-4-3-5-7-12/h3-7,15-16H,8-11H2,1-2H3,(H,20,22)/t15-,16-/m1/s1. The minimum Gasteiger partial charge on any atom is -0.299 e. The van der Waals surface area contributed by atoms with E-state index in [0.717, 1.165) is 18.6 Å². The first-order chi connectivity index (χ1) is 10.4. The number of Topliss-reactive ketones (excluding diaryl/α,β-unsaturated/α-hetero) is 1. The summed E-state index contributed by atoms with van der Waals surface area (Å²) in [7, 11) is 0. The molecule has 2 fully saturated rings. The van der Waals surface area contributed by atoms with Crippen LogP contribution in [0.2, 0.25) is 0 Å². The summed E-state index contributed by atoms with van der Waals surface area (Å²) < 4.78 is 0. The van der Waals surface area contributed by atoms with Crippen LogP contribution in [0.3, 0.4) is 0 Å². The van der Waals surface area contributed by atoms with Crippen molar-refractivity contribution in [1.82, 2.24) is 5.43 Å². The van der Waals surface area contributed by atoms with Gasteiger partial charge in [0.25, 0.3) is 0 Å². The minimum atomic E-state index is -0.0505. The van der Waals surface area contributed by atoms with Crippen molar-refractivity contribution in [3.05, 3.63) is 35.9 Å². The maximum atomic E-state index is 12.2. The molecule has 1 aromatic carbocycles. The molecule has 2 saturated carbocycles. The maximum Gasteiger partial charge on any atom is 0.243 e. The number of nitrogens with zero attached hydrogens (tertiary/aromatic N) is 1. The lowest BCUT2D eigenvalue weighted by molar-refractivity contribution is -0.123. The van der Waals surface area contributed by atoms with E-state index < -0.39 is 0 Å². The van der Waals surface area contributed by atoms with Gasteiger partial charge in [-0.2, -0.15) is 5.10 Å². The average molecular weight is 298 g/mol. The van der Waals surface area contributed by atoms with Gasteiger partial charge in [0.15, 0.2) is 0 Å². The van der Waals surface area contributed by atoms with Crippen LogP contribution in [0.4, 0.5) is 0 Å². The van der Waals surface area contributed by atoms with Gasteiger partial charge in [-0.3, -0.25) is 9.59 Å². The van der Waals surface area contributed by atoms with E-state index in [1.165, 1.54) is 5.56 Å². The normalized spacial score (nSPS) is 28.5. The zero-order valence-electron chi connectivity index (χ0n) is 13.1. The van der Waals surface area contributed by atoms with Crippen molar-refractivity contribution in [3.63, 3.8) is 0 Å². The van der Waals surface area contributed by atoms with E-state index in [1.807, 2.05) is 18.2 Å². The molecule has 4 heteroatoms. The van der Waals surface area contributed by atoms with Crippen LogP contribution < -0.4 is 5.43 Å². The van der Waals surface area contributed by atoms with E-state index in [-0.39, 0.29) is 23.0 Å². The van der Waals surface area contributed by atoms with Crippen LogP contribution in [0.15, 0.2) is 35.4 Å². The monoisotopic (exact) mass is 298 g/mol. The molecule has 2 aliphatic carbocycles. The number of rotatable bonds is 3. The first-order valence-electron chi connectivity index (χ1n) is 7.86. The summed E-state index contributed by atoms with van der Waals surface area (Å²) in [5.74, 6) is 0.500.